The Morgan fingerprint density at radius 2 is 1.97 bits per heavy atom. The van der Waals surface area contributed by atoms with Crippen molar-refractivity contribution in [1.29, 1.82) is 0 Å². The monoisotopic (exact) mass is 458 g/mol. The Morgan fingerprint density at radius 3 is 2.79 bits per heavy atom. The van der Waals surface area contributed by atoms with Gasteiger partial charge in [0.2, 0.25) is 6.79 Å². The summed E-state index contributed by atoms with van der Waals surface area (Å²) in [5.74, 6) is 2.53. The molecule has 0 spiro atoms. The molecule has 34 heavy (non-hydrogen) atoms. The number of benzene rings is 2. The number of aromatic nitrogens is 5. The molecule has 2 aromatic heterocycles. The molecule has 4 aromatic rings. The van der Waals surface area contributed by atoms with E-state index in [0.29, 0.717) is 40.9 Å². The first-order chi connectivity index (χ1) is 16.7. The van der Waals surface area contributed by atoms with Crippen LogP contribution in [-0.4, -0.2) is 50.0 Å². The Kier molecular flexibility index (Phi) is 5.26. The average Bonchev–Trinajstić information content (AvgIpc) is 3.48. The zero-order valence-electron chi connectivity index (χ0n) is 19.0. The standard InChI is InChI=1S/C25H26N6O3/c1-16-6-5-9-30(13-16)23(24-27-28-29-31(24)14-17-7-3-2-4-8-17)19-10-18-11-21-22(34-15-33-21)12-20(18)26-25(19)32/h2-4,7-8,10-12,16,23H,5-6,9,13-15H2,1H3,(H,26,32)/t16-,23-/m0/s1. The van der Waals surface area contributed by atoms with Crippen LogP contribution in [0.5, 0.6) is 11.5 Å². The van der Waals surface area contributed by atoms with Crippen LogP contribution in [0.1, 0.15) is 42.8 Å². The normalized spacial score (nSPS) is 18.9. The third kappa shape index (κ3) is 3.81. The van der Waals surface area contributed by atoms with Gasteiger partial charge in [0.1, 0.15) is 6.04 Å². The maximum absolute atomic E-state index is 13.4. The number of tetrazole rings is 1. The Labute approximate surface area is 196 Å². The predicted molar refractivity (Wildman–Crippen MR) is 126 cm³/mol. The highest BCUT2D eigenvalue weighted by Gasteiger charge is 2.33. The van der Waals surface area contributed by atoms with E-state index in [1.54, 1.807) is 0 Å². The Bertz CT molecular complexity index is 1380. The average molecular weight is 459 g/mol. The maximum atomic E-state index is 13.4. The molecule has 2 aliphatic rings. The number of hydrogen-bond donors (Lipinski definition) is 1. The lowest BCUT2D eigenvalue weighted by molar-refractivity contribution is 0.141. The van der Waals surface area contributed by atoms with E-state index in [9.17, 15) is 4.79 Å². The SMILES string of the molecule is C[C@H]1CCCN([C@@H](c2cc3cc4c(cc3[nH]c2=O)OCO4)c2nnnn2Cc2ccccc2)C1. The molecule has 2 atom stereocenters. The summed E-state index contributed by atoms with van der Waals surface area (Å²) in [5.41, 5.74) is 2.29. The van der Waals surface area contributed by atoms with E-state index in [-0.39, 0.29) is 18.4 Å². The molecule has 1 saturated heterocycles. The number of aromatic amines is 1. The van der Waals surface area contributed by atoms with Crippen LogP contribution in [0.4, 0.5) is 0 Å². The summed E-state index contributed by atoms with van der Waals surface area (Å²) in [6.45, 7) is 4.73. The van der Waals surface area contributed by atoms with Crippen LogP contribution >= 0.6 is 0 Å². The van der Waals surface area contributed by atoms with E-state index < -0.39 is 0 Å². The number of pyridine rings is 1. The Hall–Kier alpha value is -3.72. The number of nitrogens with one attached hydrogen (secondary N) is 1. The van der Waals surface area contributed by atoms with Gasteiger partial charge >= 0.3 is 0 Å². The molecule has 9 nitrogen and oxygen atoms in total. The highest BCUT2D eigenvalue weighted by Crippen LogP contribution is 2.37. The first kappa shape index (κ1) is 20.9. The lowest BCUT2D eigenvalue weighted by Crippen LogP contribution is -2.41. The van der Waals surface area contributed by atoms with Gasteiger partial charge in [0.05, 0.1) is 12.1 Å². The van der Waals surface area contributed by atoms with Crippen molar-refractivity contribution in [1.82, 2.24) is 30.1 Å². The third-order valence-corrected chi connectivity index (χ3v) is 6.69. The second kappa shape index (κ2) is 8.57. The van der Waals surface area contributed by atoms with Gasteiger partial charge in [-0.2, -0.15) is 0 Å². The minimum absolute atomic E-state index is 0.149. The van der Waals surface area contributed by atoms with Gasteiger partial charge in [0.25, 0.3) is 5.56 Å². The summed E-state index contributed by atoms with van der Waals surface area (Å²) in [6, 6.07) is 15.4. The number of likely N-dealkylation sites (tertiary alicyclic amines) is 1. The van der Waals surface area contributed by atoms with Gasteiger partial charge in [-0.3, -0.25) is 9.69 Å². The molecular weight excluding hydrogens is 432 g/mol. The second-order valence-corrected chi connectivity index (χ2v) is 9.17. The fraction of sp³-hybridized carbons (Fsp3) is 0.360. The molecule has 2 aliphatic heterocycles. The van der Waals surface area contributed by atoms with E-state index >= 15 is 0 Å². The van der Waals surface area contributed by atoms with Gasteiger partial charge in [0.15, 0.2) is 17.3 Å². The van der Waals surface area contributed by atoms with Crippen LogP contribution in [-0.2, 0) is 6.54 Å². The molecule has 0 amide bonds. The Morgan fingerprint density at radius 1 is 1.15 bits per heavy atom. The highest BCUT2D eigenvalue weighted by atomic mass is 16.7. The first-order valence-electron chi connectivity index (χ1n) is 11.7. The molecule has 1 N–H and O–H groups in total. The topological polar surface area (TPSA) is 98.2 Å². The van der Waals surface area contributed by atoms with Crippen molar-refractivity contribution in [2.45, 2.75) is 32.4 Å². The second-order valence-electron chi connectivity index (χ2n) is 9.17. The van der Waals surface area contributed by atoms with Crippen molar-refractivity contribution in [3.63, 3.8) is 0 Å². The van der Waals surface area contributed by atoms with Crippen molar-refractivity contribution in [2.24, 2.45) is 5.92 Å². The van der Waals surface area contributed by atoms with Gasteiger partial charge in [-0.25, -0.2) is 4.68 Å². The molecule has 0 saturated carbocycles. The van der Waals surface area contributed by atoms with Crippen LogP contribution in [0.3, 0.4) is 0 Å². The van der Waals surface area contributed by atoms with Gasteiger partial charge in [-0.1, -0.05) is 37.3 Å². The number of hydrogen-bond acceptors (Lipinski definition) is 7. The van der Waals surface area contributed by atoms with Crippen molar-refractivity contribution >= 4 is 10.9 Å². The molecule has 6 rings (SSSR count). The molecule has 9 heteroatoms. The fourth-order valence-electron chi connectivity index (χ4n) is 5.05. The first-order valence-corrected chi connectivity index (χ1v) is 11.7. The molecule has 4 heterocycles. The summed E-state index contributed by atoms with van der Waals surface area (Å²) in [5, 5.41) is 13.6. The summed E-state index contributed by atoms with van der Waals surface area (Å²) >= 11 is 0. The zero-order valence-corrected chi connectivity index (χ0v) is 19.0. The molecule has 0 radical (unpaired) electrons. The van der Waals surface area contributed by atoms with Crippen molar-refractivity contribution in [3.8, 4) is 11.5 Å². The van der Waals surface area contributed by atoms with E-state index in [1.807, 2.05) is 41.1 Å². The highest BCUT2D eigenvalue weighted by molar-refractivity contribution is 5.83. The fourth-order valence-corrected chi connectivity index (χ4v) is 5.05. The molecular formula is C25H26N6O3. The van der Waals surface area contributed by atoms with Crippen LogP contribution in [0.25, 0.3) is 10.9 Å². The number of H-pyrrole nitrogens is 1. The van der Waals surface area contributed by atoms with Crippen molar-refractivity contribution in [3.05, 3.63) is 75.8 Å². The largest absolute Gasteiger partial charge is 0.454 e. The molecule has 0 bridgehead atoms. The maximum Gasteiger partial charge on any atom is 0.253 e. The van der Waals surface area contributed by atoms with Gasteiger partial charge in [-0.05, 0) is 53.4 Å². The number of ether oxygens (including phenoxy) is 2. The van der Waals surface area contributed by atoms with Crippen molar-refractivity contribution < 1.29 is 9.47 Å². The lowest BCUT2D eigenvalue weighted by Gasteiger charge is -2.36. The molecule has 0 aliphatic carbocycles. The minimum Gasteiger partial charge on any atom is -0.454 e. The summed E-state index contributed by atoms with van der Waals surface area (Å²) < 4.78 is 12.9. The number of nitrogens with zero attached hydrogens (tertiary/aromatic N) is 5. The van der Waals surface area contributed by atoms with E-state index in [4.69, 9.17) is 9.47 Å². The smallest absolute Gasteiger partial charge is 0.253 e. The number of piperidine rings is 1. The zero-order chi connectivity index (χ0) is 23.1. The van der Waals surface area contributed by atoms with E-state index in [2.05, 4.69) is 44.5 Å². The van der Waals surface area contributed by atoms with Gasteiger partial charge in [0, 0.05) is 23.6 Å². The summed E-state index contributed by atoms with van der Waals surface area (Å²) in [4.78, 5) is 18.8. The molecule has 2 aromatic carbocycles. The molecule has 174 valence electrons. The van der Waals surface area contributed by atoms with Crippen LogP contribution in [0.15, 0.2) is 53.3 Å². The van der Waals surface area contributed by atoms with Crippen LogP contribution in [0, 0.1) is 5.92 Å². The lowest BCUT2D eigenvalue weighted by atomic mass is 9.95. The third-order valence-electron chi connectivity index (χ3n) is 6.69. The Balaban J connectivity index is 1.47. The summed E-state index contributed by atoms with van der Waals surface area (Å²) in [6.07, 6.45) is 2.25. The molecule has 0 unspecified atom stereocenters. The predicted octanol–water partition coefficient (Wildman–Crippen LogP) is 3.11. The van der Waals surface area contributed by atoms with Crippen molar-refractivity contribution in [2.75, 3.05) is 19.9 Å². The van der Waals surface area contributed by atoms with E-state index in [0.717, 1.165) is 30.5 Å². The van der Waals surface area contributed by atoms with E-state index in [1.165, 1.54) is 6.42 Å². The molecule has 1 fully saturated rings. The van der Waals surface area contributed by atoms with Crippen LogP contribution in [0.2, 0.25) is 0 Å². The summed E-state index contributed by atoms with van der Waals surface area (Å²) in [7, 11) is 0. The van der Waals surface area contributed by atoms with Gasteiger partial charge < -0.3 is 14.5 Å². The minimum atomic E-state index is -0.361. The van der Waals surface area contributed by atoms with Gasteiger partial charge in [-0.15, -0.1) is 5.10 Å². The quantitative estimate of drug-likeness (QED) is 0.491. The number of rotatable bonds is 5. The number of fused-ring (bicyclic) bond motifs is 2. The van der Waals surface area contributed by atoms with Crippen LogP contribution < -0.4 is 15.0 Å².